The van der Waals surface area contributed by atoms with Crippen molar-refractivity contribution in [2.24, 2.45) is 0 Å². The molecule has 1 N–H and O–H groups in total. The first-order valence-electron chi connectivity index (χ1n) is 11.3. The fraction of sp³-hybridized carbons (Fsp3) is 0.400. The molecule has 0 radical (unpaired) electrons. The van der Waals surface area contributed by atoms with E-state index in [1.165, 1.54) is 17.7 Å². The number of nitro groups is 1. The summed E-state index contributed by atoms with van der Waals surface area (Å²) in [4.78, 5) is 31.8. The van der Waals surface area contributed by atoms with Crippen molar-refractivity contribution in [2.45, 2.75) is 32.6 Å². The number of rotatable bonds is 7. The third kappa shape index (κ3) is 4.39. The minimum atomic E-state index is -0.392. The summed E-state index contributed by atoms with van der Waals surface area (Å²) in [7, 11) is 0. The molecule has 1 aliphatic rings. The van der Waals surface area contributed by atoms with Gasteiger partial charge in [0, 0.05) is 67.8 Å². The van der Waals surface area contributed by atoms with Gasteiger partial charge in [-0.2, -0.15) is 0 Å². The average Bonchev–Trinajstić information content (AvgIpc) is 3.26. The standard InChI is InChI=1S/C25H30N4O3/c1-3-18-6-5-7-21-23(17-26-25(18)21)22(19-8-10-20(11-9-19)29(31)32)16-24(30)28-14-12-27(4-2)13-15-28/h5-11,17,22,26H,3-4,12-16H2,1-2H3/t22-/m1/s1. The number of fused-ring (bicyclic) bond motifs is 1. The molecule has 168 valence electrons. The summed E-state index contributed by atoms with van der Waals surface area (Å²) in [6.07, 6.45) is 3.26. The zero-order valence-corrected chi connectivity index (χ0v) is 18.7. The first-order chi connectivity index (χ1) is 15.5. The lowest BCUT2D eigenvalue weighted by molar-refractivity contribution is -0.384. The molecular formula is C25H30N4O3. The van der Waals surface area contributed by atoms with Crippen molar-refractivity contribution in [2.75, 3.05) is 32.7 Å². The summed E-state index contributed by atoms with van der Waals surface area (Å²) in [6.45, 7) is 8.56. The van der Waals surface area contributed by atoms with E-state index in [9.17, 15) is 14.9 Å². The molecule has 4 rings (SSSR count). The van der Waals surface area contributed by atoms with Gasteiger partial charge in [0.2, 0.25) is 5.91 Å². The summed E-state index contributed by atoms with van der Waals surface area (Å²) in [5.74, 6) is -0.0431. The van der Waals surface area contributed by atoms with E-state index in [2.05, 4.69) is 41.9 Å². The van der Waals surface area contributed by atoms with E-state index in [1.807, 2.05) is 11.1 Å². The Kier molecular flexibility index (Phi) is 6.55. The molecule has 0 unspecified atom stereocenters. The molecule has 7 heteroatoms. The first-order valence-corrected chi connectivity index (χ1v) is 11.3. The lowest BCUT2D eigenvalue weighted by Gasteiger charge is -2.34. The molecule has 1 amide bonds. The number of aryl methyl sites for hydroxylation is 1. The highest BCUT2D eigenvalue weighted by Gasteiger charge is 2.27. The summed E-state index contributed by atoms with van der Waals surface area (Å²) >= 11 is 0. The van der Waals surface area contributed by atoms with Crippen LogP contribution in [-0.4, -0.2) is 58.3 Å². The number of hydrogen-bond acceptors (Lipinski definition) is 4. The third-order valence-corrected chi connectivity index (χ3v) is 6.65. The number of nitrogens with zero attached hydrogens (tertiary/aromatic N) is 3. The number of amides is 1. The molecule has 1 aliphatic heterocycles. The maximum Gasteiger partial charge on any atom is 0.269 e. The second-order valence-corrected chi connectivity index (χ2v) is 8.36. The highest BCUT2D eigenvalue weighted by molar-refractivity contribution is 5.88. The molecule has 0 spiro atoms. The van der Waals surface area contributed by atoms with Crippen LogP contribution in [0.15, 0.2) is 48.7 Å². The van der Waals surface area contributed by atoms with Crippen LogP contribution >= 0.6 is 0 Å². The predicted molar refractivity (Wildman–Crippen MR) is 126 cm³/mol. The van der Waals surface area contributed by atoms with Gasteiger partial charge >= 0.3 is 0 Å². The number of nitro benzene ring substituents is 1. The molecule has 1 atom stereocenters. The number of hydrogen-bond donors (Lipinski definition) is 1. The SMILES string of the molecule is CCc1cccc2c([C@H](CC(=O)N3CCN(CC)CC3)c3ccc([N+](=O)[O-])cc3)c[nH]c12. The molecule has 0 saturated carbocycles. The van der Waals surface area contributed by atoms with E-state index < -0.39 is 4.92 Å². The van der Waals surface area contributed by atoms with Gasteiger partial charge in [-0.25, -0.2) is 0 Å². The Labute approximate surface area is 188 Å². The molecule has 0 bridgehead atoms. The van der Waals surface area contributed by atoms with Crippen LogP contribution < -0.4 is 0 Å². The Bertz CT molecular complexity index is 1100. The number of H-pyrrole nitrogens is 1. The van der Waals surface area contributed by atoms with Crippen LogP contribution in [-0.2, 0) is 11.2 Å². The Morgan fingerprint density at radius 3 is 2.44 bits per heavy atom. The number of nitrogens with one attached hydrogen (secondary N) is 1. The van der Waals surface area contributed by atoms with Gasteiger partial charge in [-0.1, -0.05) is 44.2 Å². The van der Waals surface area contributed by atoms with E-state index in [0.717, 1.165) is 61.2 Å². The van der Waals surface area contributed by atoms with Crippen molar-refractivity contribution >= 4 is 22.5 Å². The number of likely N-dealkylation sites (N-methyl/N-ethyl adjacent to an activating group) is 1. The fourth-order valence-corrected chi connectivity index (χ4v) is 4.67. The Hall–Kier alpha value is -3.19. The Morgan fingerprint density at radius 2 is 1.81 bits per heavy atom. The van der Waals surface area contributed by atoms with E-state index in [0.29, 0.717) is 6.42 Å². The van der Waals surface area contributed by atoms with Crippen LogP contribution in [0, 0.1) is 10.1 Å². The molecule has 7 nitrogen and oxygen atoms in total. The second-order valence-electron chi connectivity index (χ2n) is 8.36. The highest BCUT2D eigenvalue weighted by Crippen LogP contribution is 2.35. The van der Waals surface area contributed by atoms with Gasteiger partial charge in [0.1, 0.15) is 0 Å². The van der Waals surface area contributed by atoms with Crippen molar-refractivity contribution < 1.29 is 9.72 Å². The van der Waals surface area contributed by atoms with E-state index >= 15 is 0 Å². The van der Waals surface area contributed by atoms with Crippen molar-refractivity contribution in [1.29, 1.82) is 0 Å². The molecule has 1 aromatic heterocycles. The molecule has 3 aromatic rings. The van der Waals surface area contributed by atoms with Crippen LogP contribution in [0.3, 0.4) is 0 Å². The van der Waals surface area contributed by atoms with Gasteiger partial charge in [-0.15, -0.1) is 0 Å². The minimum absolute atomic E-state index is 0.0571. The van der Waals surface area contributed by atoms with Crippen molar-refractivity contribution in [3.63, 3.8) is 0 Å². The van der Waals surface area contributed by atoms with E-state index in [4.69, 9.17) is 0 Å². The molecule has 1 saturated heterocycles. The minimum Gasteiger partial charge on any atom is -0.361 e. The number of carbonyl (C=O) groups is 1. The van der Waals surface area contributed by atoms with Gasteiger partial charge in [-0.3, -0.25) is 14.9 Å². The van der Waals surface area contributed by atoms with Crippen LogP contribution in [0.5, 0.6) is 0 Å². The lowest BCUT2D eigenvalue weighted by atomic mass is 9.87. The third-order valence-electron chi connectivity index (χ3n) is 6.65. The maximum absolute atomic E-state index is 13.3. The Morgan fingerprint density at radius 1 is 1.09 bits per heavy atom. The molecule has 32 heavy (non-hydrogen) atoms. The number of para-hydroxylation sites is 1. The first kappa shape index (κ1) is 22.0. The molecule has 2 aromatic carbocycles. The fourth-order valence-electron chi connectivity index (χ4n) is 4.67. The number of aromatic amines is 1. The van der Waals surface area contributed by atoms with Gasteiger partial charge in [0.25, 0.3) is 5.69 Å². The topological polar surface area (TPSA) is 82.5 Å². The smallest absolute Gasteiger partial charge is 0.269 e. The zero-order chi connectivity index (χ0) is 22.7. The number of carbonyl (C=O) groups excluding carboxylic acids is 1. The predicted octanol–water partition coefficient (Wildman–Crippen LogP) is 4.32. The van der Waals surface area contributed by atoms with E-state index in [-0.39, 0.29) is 17.5 Å². The van der Waals surface area contributed by atoms with Crippen LogP contribution in [0.4, 0.5) is 5.69 Å². The largest absolute Gasteiger partial charge is 0.361 e. The number of benzene rings is 2. The number of piperazine rings is 1. The van der Waals surface area contributed by atoms with E-state index in [1.54, 1.807) is 12.1 Å². The molecule has 2 heterocycles. The molecule has 1 fully saturated rings. The molecule has 0 aliphatic carbocycles. The average molecular weight is 435 g/mol. The quantitative estimate of drug-likeness (QED) is 0.443. The number of aromatic nitrogens is 1. The highest BCUT2D eigenvalue weighted by atomic mass is 16.6. The van der Waals surface area contributed by atoms with Gasteiger partial charge in [-0.05, 0) is 29.7 Å². The van der Waals surface area contributed by atoms with Crippen LogP contribution in [0.25, 0.3) is 10.9 Å². The summed E-state index contributed by atoms with van der Waals surface area (Å²) in [5, 5.41) is 12.2. The summed E-state index contributed by atoms with van der Waals surface area (Å²) < 4.78 is 0. The second kappa shape index (κ2) is 9.53. The maximum atomic E-state index is 13.3. The lowest BCUT2D eigenvalue weighted by Crippen LogP contribution is -2.48. The van der Waals surface area contributed by atoms with Gasteiger partial charge in [0.15, 0.2) is 0 Å². The zero-order valence-electron chi connectivity index (χ0n) is 18.7. The van der Waals surface area contributed by atoms with Crippen molar-refractivity contribution in [3.05, 3.63) is 75.5 Å². The summed E-state index contributed by atoms with van der Waals surface area (Å²) in [6, 6.07) is 12.9. The summed E-state index contributed by atoms with van der Waals surface area (Å²) in [5.41, 5.74) is 4.37. The van der Waals surface area contributed by atoms with Gasteiger partial charge in [0.05, 0.1) is 4.92 Å². The van der Waals surface area contributed by atoms with Crippen LogP contribution in [0.2, 0.25) is 0 Å². The molecular weight excluding hydrogens is 404 g/mol. The monoisotopic (exact) mass is 434 g/mol. The Balaban J connectivity index is 1.68. The number of non-ortho nitro benzene ring substituents is 1. The van der Waals surface area contributed by atoms with Crippen LogP contribution in [0.1, 0.15) is 42.9 Å². The van der Waals surface area contributed by atoms with Crippen molar-refractivity contribution in [1.82, 2.24) is 14.8 Å². The van der Waals surface area contributed by atoms with Crippen molar-refractivity contribution in [3.8, 4) is 0 Å². The van der Waals surface area contributed by atoms with Gasteiger partial charge < -0.3 is 14.8 Å². The normalized spacial score (nSPS) is 15.8.